The molecule has 2 saturated heterocycles. The molecular formula is C22H31F6N3O6S. The number of carbonyl (C=O) groups excluding carboxylic acids is 1. The van der Waals surface area contributed by atoms with Gasteiger partial charge in [0.15, 0.2) is 0 Å². The van der Waals surface area contributed by atoms with Crippen molar-refractivity contribution in [2.75, 3.05) is 46.9 Å². The fourth-order valence-corrected chi connectivity index (χ4v) is 4.56. The number of thiophene rings is 1. The number of halogens is 6. The Morgan fingerprint density at radius 2 is 1.63 bits per heavy atom. The first kappa shape index (κ1) is 33.6. The first-order chi connectivity index (χ1) is 17.5. The number of carbonyl (C=O) groups is 3. The van der Waals surface area contributed by atoms with Gasteiger partial charge in [0, 0.05) is 52.2 Å². The van der Waals surface area contributed by atoms with Crippen molar-refractivity contribution in [2.24, 2.45) is 5.92 Å². The smallest absolute Gasteiger partial charge is 0.475 e. The molecule has 3 rings (SSSR count). The minimum absolute atomic E-state index is 0.0533. The van der Waals surface area contributed by atoms with Crippen molar-refractivity contribution in [1.82, 2.24) is 14.7 Å². The number of rotatable bonds is 6. The first-order valence-electron chi connectivity index (χ1n) is 11.4. The summed E-state index contributed by atoms with van der Waals surface area (Å²) >= 11 is 1.77. The number of amides is 1. The van der Waals surface area contributed by atoms with Crippen molar-refractivity contribution in [2.45, 2.75) is 44.4 Å². The zero-order chi connectivity index (χ0) is 29.3. The van der Waals surface area contributed by atoms with Gasteiger partial charge in [-0.3, -0.25) is 9.69 Å². The van der Waals surface area contributed by atoms with Gasteiger partial charge in [-0.25, -0.2) is 9.59 Å². The number of hydrogen-bond donors (Lipinski definition) is 2. The van der Waals surface area contributed by atoms with Crippen molar-refractivity contribution < 1.29 is 55.7 Å². The van der Waals surface area contributed by atoms with E-state index in [9.17, 15) is 31.1 Å². The molecule has 1 aromatic rings. The second kappa shape index (κ2) is 14.6. The van der Waals surface area contributed by atoms with Crippen molar-refractivity contribution in [1.29, 1.82) is 0 Å². The van der Waals surface area contributed by atoms with Gasteiger partial charge in [0.1, 0.15) is 6.61 Å². The van der Waals surface area contributed by atoms with Crippen LogP contribution in [0.25, 0.3) is 0 Å². The molecule has 38 heavy (non-hydrogen) atoms. The number of fused-ring (bicyclic) bond motifs is 1. The van der Waals surface area contributed by atoms with Crippen molar-refractivity contribution in [3.8, 4) is 0 Å². The molecule has 9 nitrogen and oxygen atoms in total. The lowest BCUT2D eigenvalue weighted by molar-refractivity contribution is -0.193. The normalized spacial score (nSPS) is 21.9. The predicted octanol–water partition coefficient (Wildman–Crippen LogP) is 3.01. The summed E-state index contributed by atoms with van der Waals surface area (Å²) in [4.78, 5) is 36.4. The number of alkyl halides is 6. The van der Waals surface area contributed by atoms with E-state index >= 15 is 0 Å². The number of nitrogens with zero attached hydrogens (tertiary/aromatic N) is 3. The lowest BCUT2D eigenvalue weighted by atomic mass is 9.88. The largest absolute Gasteiger partial charge is 0.490 e. The van der Waals surface area contributed by atoms with E-state index in [1.807, 2.05) is 0 Å². The Morgan fingerprint density at radius 3 is 2.05 bits per heavy atom. The highest BCUT2D eigenvalue weighted by Crippen LogP contribution is 2.33. The molecule has 0 aromatic carbocycles. The minimum Gasteiger partial charge on any atom is -0.475 e. The summed E-state index contributed by atoms with van der Waals surface area (Å²) < 4.78 is 69.5. The third-order valence-corrected chi connectivity index (χ3v) is 6.61. The molecule has 0 spiro atoms. The van der Waals surface area contributed by atoms with Crippen molar-refractivity contribution in [3.05, 3.63) is 22.4 Å². The summed E-state index contributed by atoms with van der Waals surface area (Å²) in [5, 5.41) is 18.7. The molecular weight excluding hydrogens is 548 g/mol. The molecule has 2 aliphatic rings. The Morgan fingerprint density at radius 1 is 1.08 bits per heavy atom. The van der Waals surface area contributed by atoms with E-state index in [1.165, 1.54) is 5.56 Å². The van der Waals surface area contributed by atoms with Gasteiger partial charge in [0.05, 0.1) is 6.10 Å². The Bertz CT molecular complexity index is 873. The lowest BCUT2D eigenvalue weighted by Crippen LogP contribution is -2.51. The second-order valence-electron chi connectivity index (χ2n) is 8.72. The standard InChI is InChI=1S/C18H29N3O2S.2C2HF3O2/c1-4-20-10-15-16(11-20)21(9-14-6-8-24-13-14)7-5-17(15)23-12-18(22)19(2)3;2*3-2(4,5)1(6)7/h6,8,13,15-17H,4-5,7,9-12H2,1-3H3;2*(H,6,7)/t15-,16+,17-;;/m0../s1. The van der Waals surface area contributed by atoms with Crippen LogP contribution in [-0.4, -0.2) is 114 Å². The molecule has 0 saturated carbocycles. The van der Waals surface area contributed by atoms with Crippen LogP contribution in [0.3, 0.4) is 0 Å². The molecule has 0 aliphatic carbocycles. The average molecular weight is 580 g/mol. The van der Waals surface area contributed by atoms with E-state index < -0.39 is 24.3 Å². The van der Waals surface area contributed by atoms with Crippen LogP contribution in [0.2, 0.25) is 0 Å². The Kier molecular flexibility index (Phi) is 13.0. The van der Waals surface area contributed by atoms with Crippen LogP contribution >= 0.6 is 11.3 Å². The number of carboxylic acids is 2. The summed E-state index contributed by atoms with van der Waals surface area (Å²) in [5.74, 6) is -4.95. The monoisotopic (exact) mass is 579 g/mol. The molecule has 0 bridgehead atoms. The van der Waals surface area contributed by atoms with Gasteiger partial charge >= 0.3 is 24.3 Å². The molecule has 0 unspecified atom stereocenters. The molecule has 2 fully saturated rings. The molecule has 16 heteroatoms. The SMILES string of the molecule is CCN1C[C@@H]2[C@@H](OCC(=O)N(C)C)CCN(Cc3ccsc3)[C@@H]2C1.O=C(O)C(F)(F)F.O=C(O)C(F)(F)F. The molecule has 3 atom stereocenters. The number of carboxylic acid groups (broad SMARTS) is 2. The highest BCUT2D eigenvalue weighted by Gasteiger charge is 2.44. The van der Waals surface area contributed by atoms with Crippen molar-refractivity contribution >= 4 is 29.2 Å². The van der Waals surface area contributed by atoms with Crippen LogP contribution in [0.15, 0.2) is 16.8 Å². The van der Waals surface area contributed by atoms with Gasteiger partial charge in [-0.15, -0.1) is 0 Å². The van der Waals surface area contributed by atoms with E-state index in [0.717, 1.165) is 39.1 Å². The fraction of sp³-hybridized carbons (Fsp3) is 0.682. The number of hydrogen-bond acceptors (Lipinski definition) is 7. The Balaban J connectivity index is 0.000000426. The van der Waals surface area contributed by atoms with E-state index in [-0.39, 0.29) is 18.6 Å². The molecule has 1 amide bonds. The van der Waals surface area contributed by atoms with Gasteiger partial charge in [-0.1, -0.05) is 6.92 Å². The maximum atomic E-state index is 11.9. The third-order valence-electron chi connectivity index (χ3n) is 5.87. The number of aliphatic carboxylic acids is 2. The molecule has 218 valence electrons. The molecule has 0 radical (unpaired) electrons. The van der Waals surface area contributed by atoms with Crippen molar-refractivity contribution in [3.63, 3.8) is 0 Å². The Labute approximate surface area is 219 Å². The number of likely N-dealkylation sites (N-methyl/N-ethyl adjacent to an activating group) is 2. The number of likely N-dealkylation sites (tertiary alicyclic amines) is 2. The predicted molar refractivity (Wildman–Crippen MR) is 125 cm³/mol. The highest BCUT2D eigenvalue weighted by molar-refractivity contribution is 7.07. The van der Waals surface area contributed by atoms with Crippen LogP contribution in [0.1, 0.15) is 18.9 Å². The van der Waals surface area contributed by atoms with Gasteiger partial charge in [0.2, 0.25) is 5.91 Å². The van der Waals surface area contributed by atoms with Gasteiger partial charge < -0.3 is 24.7 Å². The summed E-state index contributed by atoms with van der Waals surface area (Å²) in [6.07, 6.45) is -8.95. The second-order valence-corrected chi connectivity index (χ2v) is 9.50. The van der Waals surface area contributed by atoms with Crippen LogP contribution in [0.5, 0.6) is 0 Å². The van der Waals surface area contributed by atoms with E-state index in [4.69, 9.17) is 24.5 Å². The third kappa shape index (κ3) is 11.1. The average Bonchev–Trinajstić information content (AvgIpc) is 3.47. The van der Waals surface area contributed by atoms with E-state index in [1.54, 1.807) is 30.3 Å². The van der Waals surface area contributed by atoms with Gasteiger partial charge in [-0.05, 0) is 35.4 Å². The van der Waals surface area contributed by atoms with Gasteiger partial charge in [-0.2, -0.15) is 37.7 Å². The van der Waals surface area contributed by atoms with Gasteiger partial charge in [0.25, 0.3) is 0 Å². The summed E-state index contributed by atoms with van der Waals surface area (Å²) in [7, 11) is 3.57. The summed E-state index contributed by atoms with van der Waals surface area (Å²) in [6, 6.07) is 2.77. The van der Waals surface area contributed by atoms with E-state index in [2.05, 4.69) is 33.6 Å². The van der Waals surface area contributed by atoms with E-state index in [0.29, 0.717) is 12.0 Å². The number of ether oxygens (including phenoxy) is 1. The molecule has 2 N–H and O–H groups in total. The maximum Gasteiger partial charge on any atom is 0.490 e. The zero-order valence-corrected chi connectivity index (χ0v) is 21.8. The Hall–Kier alpha value is -2.43. The first-order valence-corrected chi connectivity index (χ1v) is 12.3. The highest BCUT2D eigenvalue weighted by atomic mass is 32.1. The topological polar surface area (TPSA) is 111 Å². The van der Waals surface area contributed by atoms with Crippen LogP contribution in [0, 0.1) is 5.92 Å². The van der Waals surface area contributed by atoms with Crippen LogP contribution < -0.4 is 0 Å². The summed E-state index contributed by atoms with van der Waals surface area (Å²) in [6.45, 7) is 7.81. The minimum atomic E-state index is -5.08. The molecule has 1 aromatic heterocycles. The summed E-state index contributed by atoms with van der Waals surface area (Å²) in [5.41, 5.74) is 1.41. The quantitative estimate of drug-likeness (QED) is 0.495. The van der Waals surface area contributed by atoms with Crippen LogP contribution in [0.4, 0.5) is 26.3 Å². The molecule has 3 heterocycles. The number of piperidine rings is 1. The fourth-order valence-electron chi connectivity index (χ4n) is 3.90. The maximum absolute atomic E-state index is 11.9. The van der Waals surface area contributed by atoms with Crippen LogP contribution in [-0.2, 0) is 25.7 Å². The lowest BCUT2D eigenvalue weighted by Gasteiger charge is -2.41. The molecule has 2 aliphatic heterocycles. The zero-order valence-electron chi connectivity index (χ0n) is 21.0.